The zero-order chi connectivity index (χ0) is 36.6. The third-order valence-electron chi connectivity index (χ3n) is 11.1. The summed E-state index contributed by atoms with van der Waals surface area (Å²) in [5, 5.41) is 12.0. The van der Waals surface area contributed by atoms with Crippen molar-refractivity contribution in [3.63, 3.8) is 0 Å². The number of carbonyl (C=O) groups is 4. The third kappa shape index (κ3) is 5.03. The van der Waals surface area contributed by atoms with Crippen molar-refractivity contribution < 1.29 is 33.4 Å². The van der Waals surface area contributed by atoms with Crippen molar-refractivity contribution in [2.24, 2.45) is 23.7 Å². The number of aryl methyl sites for hydroxylation is 1. The summed E-state index contributed by atoms with van der Waals surface area (Å²) in [7, 11) is 1.53. The van der Waals surface area contributed by atoms with Crippen LogP contribution in [0.5, 0.6) is 5.75 Å². The maximum absolute atomic E-state index is 15.3. The van der Waals surface area contributed by atoms with E-state index in [1.807, 2.05) is 13.0 Å². The number of ether oxygens (including phenoxy) is 1. The average molecular weight is 761 g/mol. The van der Waals surface area contributed by atoms with Gasteiger partial charge in [0.1, 0.15) is 29.3 Å². The number of methoxy groups -OCH3 is 1. The predicted molar refractivity (Wildman–Crippen MR) is 194 cm³/mol. The van der Waals surface area contributed by atoms with E-state index in [2.05, 4.69) is 5.43 Å². The molecule has 0 spiro atoms. The van der Waals surface area contributed by atoms with Gasteiger partial charge in [0, 0.05) is 10.0 Å². The van der Waals surface area contributed by atoms with Gasteiger partial charge in [-0.1, -0.05) is 64.7 Å². The number of nitrogens with zero attached hydrogens (tertiary/aromatic N) is 2. The Balaban J connectivity index is 1.31. The Morgan fingerprint density at radius 3 is 2.35 bits per heavy atom. The lowest BCUT2D eigenvalue weighted by Gasteiger charge is -2.49. The summed E-state index contributed by atoms with van der Waals surface area (Å²) in [4.78, 5) is 59.8. The first-order valence-corrected chi connectivity index (χ1v) is 17.9. The molecule has 2 aliphatic carbocycles. The van der Waals surface area contributed by atoms with Crippen LogP contribution in [0.2, 0.25) is 15.1 Å². The van der Waals surface area contributed by atoms with Crippen molar-refractivity contribution in [3.8, 4) is 5.75 Å². The van der Waals surface area contributed by atoms with Gasteiger partial charge >= 0.3 is 0 Å². The van der Waals surface area contributed by atoms with E-state index in [0.717, 1.165) is 10.6 Å². The molecule has 1 saturated carbocycles. The molecular formula is C39H32Cl3N3O7. The van der Waals surface area contributed by atoms with E-state index >= 15 is 4.79 Å². The lowest BCUT2D eigenvalue weighted by atomic mass is 9.50. The summed E-state index contributed by atoms with van der Waals surface area (Å²) in [6.45, 7) is 1.44. The summed E-state index contributed by atoms with van der Waals surface area (Å²) in [5.74, 6) is -4.71. The molecule has 0 unspecified atom stereocenters. The zero-order valence-electron chi connectivity index (χ0n) is 27.9. The number of aliphatic hydroxyl groups is 1. The maximum Gasteiger partial charge on any atom is 0.260 e. The van der Waals surface area contributed by atoms with Gasteiger partial charge in [-0.05, 0) is 91.4 Å². The van der Waals surface area contributed by atoms with Gasteiger partial charge in [-0.15, -0.1) is 0 Å². The van der Waals surface area contributed by atoms with Crippen molar-refractivity contribution >= 4 is 69.8 Å². The lowest BCUT2D eigenvalue weighted by molar-refractivity contribution is -0.138. The number of furan rings is 1. The molecular weight excluding hydrogens is 729 g/mol. The van der Waals surface area contributed by atoms with Gasteiger partial charge in [-0.2, -0.15) is 5.01 Å². The molecule has 10 nitrogen and oxygen atoms in total. The lowest BCUT2D eigenvalue weighted by Crippen LogP contribution is -2.53. The van der Waals surface area contributed by atoms with Crippen molar-refractivity contribution in [3.05, 3.63) is 122 Å². The Hall–Kier alpha value is -4.61. The normalized spacial score (nSPS) is 26.7. The molecule has 1 aromatic heterocycles. The van der Waals surface area contributed by atoms with Crippen LogP contribution < -0.4 is 15.1 Å². The van der Waals surface area contributed by atoms with E-state index in [-0.39, 0.29) is 35.2 Å². The first-order chi connectivity index (χ1) is 25.0. The van der Waals surface area contributed by atoms with Gasteiger partial charge in [0.15, 0.2) is 0 Å². The molecule has 52 heavy (non-hydrogen) atoms. The minimum absolute atomic E-state index is 0.0850. The van der Waals surface area contributed by atoms with Crippen LogP contribution in [0.1, 0.15) is 41.4 Å². The number of nitrogens with one attached hydrogen (secondary N) is 1. The molecule has 4 aliphatic rings. The SMILES string of the molecule is COc1ccc([C@@]23C(=O)N(Nc4ccc(Cl)cc4Cl)C(=O)[C@@H]2C[C@@H]2C(=CC[C@@H]4C(=O)N(c5ccc(C)c(Cl)c5)C(=O)[C@@H]42)[C@@H]3c2ccc(CO)o2)cc1. The fourth-order valence-electron chi connectivity index (χ4n) is 8.76. The second-order valence-corrected chi connectivity index (χ2v) is 14.9. The zero-order valence-corrected chi connectivity index (χ0v) is 30.2. The van der Waals surface area contributed by atoms with Crippen LogP contribution in [0.15, 0.2) is 88.9 Å². The Kier molecular flexibility index (Phi) is 8.49. The monoisotopic (exact) mass is 759 g/mol. The molecule has 3 aromatic carbocycles. The highest BCUT2D eigenvalue weighted by molar-refractivity contribution is 6.36. The number of imide groups is 2. The summed E-state index contributed by atoms with van der Waals surface area (Å²) in [6, 6.07) is 20.0. The van der Waals surface area contributed by atoms with E-state index in [1.54, 1.807) is 66.7 Å². The van der Waals surface area contributed by atoms with Gasteiger partial charge in [0.25, 0.3) is 11.8 Å². The number of fused-ring (bicyclic) bond motifs is 4. The molecule has 8 rings (SSSR count). The number of benzene rings is 3. The molecule has 2 aliphatic heterocycles. The first-order valence-electron chi connectivity index (χ1n) is 16.8. The summed E-state index contributed by atoms with van der Waals surface area (Å²) in [5.41, 5.74) is 4.10. The Labute approximate surface area is 313 Å². The number of allylic oxidation sites excluding steroid dienone is 2. The Bertz CT molecular complexity index is 2200. The number of hydrogen-bond donors (Lipinski definition) is 2. The number of carbonyl (C=O) groups excluding carboxylic acids is 4. The van der Waals surface area contributed by atoms with E-state index in [1.165, 1.54) is 18.1 Å². The standard InChI is InChI=1S/C39H32Cl3N3O7/c1-19-3-7-22(16-29(19)41)44-35(47)26-12-11-25-27(33(26)37(44)49)17-28-36(48)45(43-31-13-6-21(40)15-30(31)42)38(50)39(28,20-4-8-23(51-2)9-5-20)34(25)32-14-10-24(18-46)52-32/h3-11,13-16,26-28,33-34,43,46H,12,17-18H2,1-2H3/t26-,27+,28-,33-,34+,39+/m0/s1. The van der Waals surface area contributed by atoms with Crippen LogP contribution in [0, 0.1) is 30.6 Å². The number of anilines is 2. The summed E-state index contributed by atoms with van der Waals surface area (Å²) in [6.07, 6.45) is 2.25. The summed E-state index contributed by atoms with van der Waals surface area (Å²) >= 11 is 19.1. The topological polar surface area (TPSA) is 129 Å². The smallest absolute Gasteiger partial charge is 0.260 e. The van der Waals surface area contributed by atoms with E-state index in [0.29, 0.717) is 38.4 Å². The fraction of sp³-hybridized carbons (Fsp3) is 0.282. The number of halogens is 3. The minimum Gasteiger partial charge on any atom is -0.497 e. The molecule has 0 radical (unpaired) electrons. The number of amides is 4. The number of rotatable bonds is 7. The molecule has 6 atom stereocenters. The molecule has 3 heterocycles. The van der Waals surface area contributed by atoms with E-state index in [4.69, 9.17) is 44.0 Å². The average Bonchev–Trinajstić information content (AvgIpc) is 3.78. The molecule has 4 aromatic rings. The minimum atomic E-state index is -1.58. The van der Waals surface area contributed by atoms with Crippen LogP contribution in [0.25, 0.3) is 0 Å². The molecule has 3 fully saturated rings. The highest BCUT2D eigenvalue weighted by atomic mass is 35.5. The number of hydrazine groups is 1. The van der Waals surface area contributed by atoms with Gasteiger partial charge in [0.2, 0.25) is 11.8 Å². The van der Waals surface area contributed by atoms with Crippen LogP contribution in [0.3, 0.4) is 0 Å². The Morgan fingerprint density at radius 2 is 1.67 bits per heavy atom. The quantitative estimate of drug-likeness (QED) is 0.149. The molecule has 4 amide bonds. The molecule has 2 saturated heterocycles. The van der Waals surface area contributed by atoms with Crippen molar-refractivity contribution in [2.75, 3.05) is 17.4 Å². The molecule has 2 N–H and O–H groups in total. The predicted octanol–water partition coefficient (Wildman–Crippen LogP) is 7.24. The fourth-order valence-corrected chi connectivity index (χ4v) is 9.39. The van der Waals surface area contributed by atoms with Crippen molar-refractivity contribution in [1.82, 2.24) is 5.01 Å². The van der Waals surface area contributed by atoms with Gasteiger partial charge in [-0.3, -0.25) is 24.6 Å². The van der Waals surface area contributed by atoms with Crippen molar-refractivity contribution in [1.29, 1.82) is 0 Å². The van der Waals surface area contributed by atoms with E-state index < -0.39 is 59.3 Å². The molecule has 266 valence electrons. The highest BCUT2D eigenvalue weighted by Crippen LogP contribution is 2.64. The maximum atomic E-state index is 15.3. The molecule has 13 heteroatoms. The number of aliphatic hydroxyl groups excluding tert-OH is 1. The number of hydrogen-bond acceptors (Lipinski definition) is 8. The molecule has 0 bridgehead atoms. The van der Waals surface area contributed by atoms with Crippen LogP contribution >= 0.6 is 34.8 Å². The van der Waals surface area contributed by atoms with Crippen molar-refractivity contribution in [2.45, 2.75) is 37.7 Å². The van der Waals surface area contributed by atoms with Gasteiger partial charge in [-0.25, -0.2) is 4.90 Å². The second kappa shape index (κ2) is 12.8. The second-order valence-electron chi connectivity index (χ2n) is 13.6. The van der Waals surface area contributed by atoms with Crippen LogP contribution in [-0.2, 0) is 31.2 Å². The van der Waals surface area contributed by atoms with Crippen LogP contribution in [-0.4, -0.2) is 40.9 Å². The van der Waals surface area contributed by atoms with Gasteiger partial charge < -0.3 is 14.3 Å². The highest BCUT2D eigenvalue weighted by Gasteiger charge is 2.71. The van der Waals surface area contributed by atoms with Gasteiger partial charge in [0.05, 0.1) is 47.2 Å². The Morgan fingerprint density at radius 1 is 0.904 bits per heavy atom. The largest absolute Gasteiger partial charge is 0.497 e. The third-order valence-corrected chi connectivity index (χ3v) is 12.1. The summed E-state index contributed by atoms with van der Waals surface area (Å²) < 4.78 is 11.7. The van der Waals surface area contributed by atoms with Crippen LogP contribution in [0.4, 0.5) is 11.4 Å². The first kappa shape index (κ1) is 34.5. The van der Waals surface area contributed by atoms with E-state index in [9.17, 15) is 19.5 Å².